The number of rotatable bonds is 6. The number of aryl methyl sites for hydroxylation is 1. The third kappa shape index (κ3) is 4.26. The van der Waals surface area contributed by atoms with E-state index in [0.717, 1.165) is 44.6 Å². The van der Waals surface area contributed by atoms with Crippen LogP contribution in [-0.4, -0.2) is 35.6 Å². The lowest BCUT2D eigenvalue weighted by Gasteiger charge is -2.42. The molecule has 1 aliphatic heterocycles. The molecule has 0 bridgehead atoms. The monoisotopic (exact) mass is 338 g/mol. The van der Waals surface area contributed by atoms with Crippen LogP contribution in [0, 0.1) is 5.41 Å². The molecule has 0 aliphatic carbocycles. The Balaban J connectivity index is 1.70. The van der Waals surface area contributed by atoms with Gasteiger partial charge in [0.25, 0.3) is 0 Å². The molecule has 2 aromatic rings. The minimum absolute atomic E-state index is 0.0326. The van der Waals surface area contributed by atoms with Gasteiger partial charge in [-0.15, -0.1) is 0 Å². The number of Topliss-reactive ketones (excluding diaryl/α,β-unsaturated/α-hetero) is 1. The Hall–Kier alpha value is -2.20. The molecule has 3 rings (SSSR count). The summed E-state index contributed by atoms with van der Waals surface area (Å²) in [6.45, 7) is 3.50. The number of carbonyl (C=O) groups is 1. The molecule has 25 heavy (non-hydrogen) atoms. The Bertz CT molecular complexity index is 700. The topological polar surface area (TPSA) is 53.4 Å². The first-order chi connectivity index (χ1) is 12.1. The molecule has 1 atom stereocenters. The third-order valence-electron chi connectivity index (χ3n) is 5.26. The van der Waals surface area contributed by atoms with Crippen LogP contribution in [0.25, 0.3) is 0 Å². The fraction of sp³-hybridized carbons (Fsp3) is 0.429. The van der Waals surface area contributed by atoms with Crippen LogP contribution in [0.3, 0.4) is 0 Å². The van der Waals surface area contributed by atoms with E-state index in [1.807, 2.05) is 18.2 Å². The molecule has 132 valence electrons. The van der Waals surface area contributed by atoms with Gasteiger partial charge < -0.3 is 10.0 Å². The highest BCUT2D eigenvalue weighted by Crippen LogP contribution is 2.35. The van der Waals surface area contributed by atoms with Crippen molar-refractivity contribution in [1.29, 1.82) is 0 Å². The fourth-order valence-corrected chi connectivity index (χ4v) is 3.65. The molecule has 4 heteroatoms. The minimum atomic E-state index is -0.0883. The van der Waals surface area contributed by atoms with Gasteiger partial charge in [-0.05, 0) is 50.3 Å². The second kappa shape index (κ2) is 7.79. The number of piperidine rings is 1. The molecule has 1 N–H and O–H groups in total. The van der Waals surface area contributed by atoms with Gasteiger partial charge in [-0.2, -0.15) is 0 Å². The number of carbonyl (C=O) groups excluding carboxylic acids is 1. The summed E-state index contributed by atoms with van der Waals surface area (Å²) < 4.78 is 0. The predicted molar refractivity (Wildman–Crippen MR) is 100.0 cm³/mol. The first-order valence-electron chi connectivity index (χ1n) is 8.99. The second-order valence-electron chi connectivity index (χ2n) is 7.13. The fourth-order valence-electron chi connectivity index (χ4n) is 3.65. The van der Waals surface area contributed by atoms with Crippen molar-refractivity contribution in [3.05, 3.63) is 59.8 Å². The first-order valence-corrected chi connectivity index (χ1v) is 8.99. The van der Waals surface area contributed by atoms with Crippen LogP contribution in [0.1, 0.15) is 42.1 Å². The number of aliphatic hydroxyl groups is 1. The Kier molecular flexibility index (Phi) is 5.49. The van der Waals surface area contributed by atoms with Crippen LogP contribution < -0.4 is 4.90 Å². The van der Waals surface area contributed by atoms with Crippen LogP contribution in [0.4, 0.5) is 5.82 Å². The van der Waals surface area contributed by atoms with Gasteiger partial charge in [-0.25, -0.2) is 4.98 Å². The molecule has 4 nitrogen and oxygen atoms in total. The number of aliphatic hydroxyl groups excluding tert-OH is 1. The van der Waals surface area contributed by atoms with E-state index in [-0.39, 0.29) is 17.8 Å². The normalized spacial score (nSPS) is 20.5. The highest BCUT2D eigenvalue weighted by atomic mass is 16.3. The van der Waals surface area contributed by atoms with Crippen molar-refractivity contribution in [3.63, 3.8) is 0 Å². The number of benzene rings is 1. The summed E-state index contributed by atoms with van der Waals surface area (Å²) in [5, 5.41) is 10.1. The van der Waals surface area contributed by atoms with Crippen molar-refractivity contribution >= 4 is 11.6 Å². The summed E-state index contributed by atoms with van der Waals surface area (Å²) in [7, 11) is 0. The summed E-state index contributed by atoms with van der Waals surface area (Å²) in [5.74, 6) is 0.924. The number of nitrogens with zero attached hydrogens (tertiary/aromatic N) is 2. The SMILES string of the molecule is CC(=O)c1ccc(N2CCC[C@](CO)(CCc3ccccc3)C2)nc1. The van der Waals surface area contributed by atoms with E-state index in [1.165, 1.54) is 5.56 Å². The number of aromatic nitrogens is 1. The summed E-state index contributed by atoms with van der Waals surface area (Å²) in [5.41, 5.74) is 1.87. The van der Waals surface area contributed by atoms with E-state index in [4.69, 9.17) is 0 Å². The van der Waals surface area contributed by atoms with Gasteiger partial charge in [0.15, 0.2) is 5.78 Å². The molecule has 2 heterocycles. The van der Waals surface area contributed by atoms with Gasteiger partial charge in [-0.3, -0.25) is 4.79 Å². The summed E-state index contributed by atoms with van der Waals surface area (Å²) in [6.07, 6.45) is 5.68. The molecule has 1 aromatic heterocycles. The van der Waals surface area contributed by atoms with Crippen LogP contribution in [0.2, 0.25) is 0 Å². The molecular formula is C21H26N2O2. The van der Waals surface area contributed by atoms with Crippen molar-refractivity contribution in [1.82, 2.24) is 4.98 Å². The van der Waals surface area contributed by atoms with E-state index < -0.39 is 0 Å². The van der Waals surface area contributed by atoms with Crippen molar-refractivity contribution in [2.45, 2.75) is 32.6 Å². The van der Waals surface area contributed by atoms with Gasteiger partial charge in [0.2, 0.25) is 0 Å². The zero-order valence-corrected chi connectivity index (χ0v) is 14.8. The van der Waals surface area contributed by atoms with Gasteiger partial charge >= 0.3 is 0 Å². The van der Waals surface area contributed by atoms with E-state index >= 15 is 0 Å². The van der Waals surface area contributed by atoms with Gasteiger partial charge in [0.1, 0.15) is 5.82 Å². The molecule has 1 fully saturated rings. The minimum Gasteiger partial charge on any atom is -0.396 e. The van der Waals surface area contributed by atoms with Crippen LogP contribution in [0.15, 0.2) is 48.7 Å². The first kappa shape index (κ1) is 17.6. The molecular weight excluding hydrogens is 312 g/mol. The average molecular weight is 338 g/mol. The maximum Gasteiger partial charge on any atom is 0.161 e. The molecule has 1 saturated heterocycles. The third-order valence-corrected chi connectivity index (χ3v) is 5.26. The lowest BCUT2D eigenvalue weighted by molar-refractivity contribution is 0.0963. The molecule has 1 aromatic carbocycles. The summed E-state index contributed by atoms with van der Waals surface area (Å²) >= 11 is 0. The summed E-state index contributed by atoms with van der Waals surface area (Å²) in [6, 6.07) is 14.2. The number of ketones is 1. The summed E-state index contributed by atoms with van der Waals surface area (Å²) in [4.78, 5) is 18.1. The molecule has 0 amide bonds. The van der Waals surface area contributed by atoms with Crippen molar-refractivity contribution in [2.24, 2.45) is 5.41 Å². The van der Waals surface area contributed by atoms with E-state index in [0.29, 0.717) is 5.56 Å². The number of hydrogen-bond donors (Lipinski definition) is 1. The van der Waals surface area contributed by atoms with E-state index in [9.17, 15) is 9.90 Å². The Morgan fingerprint density at radius 1 is 1.24 bits per heavy atom. The number of pyridine rings is 1. The largest absolute Gasteiger partial charge is 0.396 e. The molecule has 0 spiro atoms. The Labute approximate surface area is 149 Å². The number of anilines is 1. The quantitative estimate of drug-likeness (QED) is 0.819. The number of hydrogen-bond acceptors (Lipinski definition) is 4. The lowest BCUT2D eigenvalue weighted by Crippen LogP contribution is -2.46. The van der Waals surface area contributed by atoms with Gasteiger partial charge in [0.05, 0.1) is 6.61 Å². The maximum absolute atomic E-state index is 11.4. The lowest BCUT2D eigenvalue weighted by atomic mass is 9.76. The Morgan fingerprint density at radius 3 is 2.68 bits per heavy atom. The Morgan fingerprint density at radius 2 is 2.04 bits per heavy atom. The second-order valence-corrected chi connectivity index (χ2v) is 7.13. The van der Waals surface area contributed by atoms with Crippen LogP contribution in [0.5, 0.6) is 0 Å². The maximum atomic E-state index is 11.4. The highest BCUT2D eigenvalue weighted by Gasteiger charge is 2.35. The predicted octanol–water partition coefficient (Wildman–Crippen LogP) is 3.50. The van der Waals surface area contributed by atoms with Crippen LogP contribution >= 0.6 is 0 Å². The van der Waals surface area contributed by atoms with E-state index in [1.54, 1.807) is 13.1 Å². The molecule has 0 unspecified atom stereocenters. The van der Waals surface area contributed by atoms with Crippen molar-refractivity contribution in [3.8, 4) is 0 Å². The molecule has 0 radical (unpaired) electrons. The smallest absolute Gasteiger partial charge is 0.161 e. The molecule has 0 saturated carbocycles. The van der Waals surface area contributed by atoms with Crippen LogP contribution in [-0.2, 0) is 6.42 Å². The average Bonchev–Trinajstić information content (AvgIpc) is 2.67. The highest BCUT2D eigenvalue weighted by molar-refractivity contribution is 5.93. The van der Waals surface area contributed by atoms with Gasteiger partial charge in [-0.1, -0.05) is 30.3 Å². The van der Waals surface area contributed by atoms with Gasteiger partial charge in [0, 0.05) is 30.3 Å². The molecule has 1 aliphatic rings. The van der Waals surface area contributed by atoms with Crippen molar-refractivity contribution in [2.75, 3.05) is 24.6 Å². The van der Waals surface area contributed by atoms with Crippen molar-refractivity contribution < 1.29 is 9.90 Å². The standard InChI is InChI=1S/C21H26N2O2/c1-17(25)19-8-9-20(22-14-19)23-13-5-11-21(15-23,16-24)12-10-18-6-3-2-4-7-18/h2-4,6-9,14,24H,5,10-13,15-16H2,1H3/t21-/m0/s1. The zero-order chi connectivity index (χ0) is 17.7. The zero-order valence-electron chi connectivity index (χ0n) is 14.8. The van der Waals surface area contributed by atoms with E-state index in [2.05, 4.69) is 34.1 Å².